The van der Waals surface area contributed by atoms with E-state index in [9.17, 15) is 0 Å². The fraction of sp³-hybridized carbons (Fsp3) is 1.00. The minimum absolute atomic E-state index is 0.0505. The summed E-state index contributed by atoms with van der Waals surface area (Å²) in [5, 5.41) is 0. The van der Waals surface area contributed by atoms with E-state index < -0.39 is 16.5 Å². The molecule has 5 heteroatoms. The standard InChI is InChI=1S/C9H24GeN2Si2/c1-13(2,3)11-8-7-9-12(10-11)14(4,5)6/h7-9H2,1-6H3. The normalized spacial score (nSPS) is 22.7. The molecular weight excluding hydrogens is 265 g/mol. The van der Waals surface area contributed by atoms with Gasteiger partial charge < -0.3 is 0 Å². The van der Waals surface area contributed by atoms with Crippen LogP contribution in [0.15, 0.2) is 0 Å². The Labute approximate surface area is 98.1 Å². The van der Waals surface area contributed by atoms with Crippen molar-refractivity contribution in [1.29, 1.82) is 0 Å². The second-order valence-electron chi connectivity index (χ2n) is 6.10. The predicted octanol–water partition coefficient (Wildman–Crippen LogP) is 2.20. The molecule has 0 N–H and O–H groups in total. The van der Waals surface area contributed by atoms with Gasteiger partial charge in [0.1, 0.15) is 0 Å². The molecule has 2 radical (unpaired) electrons. The van der Waals surface area contributed by atoms with Gasteiger partial charge in [-0.2, -0.15) is 0 Å². The van der Waals surface area contributed by atoms with Gasteiger partial charge in [-0.25, -0.2) is 0 Å². The zero-order valence-electron chi connectivity index (χ0n) is 10.5. The molecule has 0 aromatic rings. The van der Waals surface area contributed by atoms with Crippen molar-refractivity contribution in [3.8, 4) is 0 Å². The Balaban J connectivity index is 2.61. The van der Waals surface area contributed by atoms with Crippen molar-refractivity contribution in [3.05, 3.63) is 0 Å². The number of hydrogen-bond acceptors (Lipinski definition) is 2. The van der Waals surface area contributed by atoms with Crippen molar-refractivity contribution in [3.63, 3.8) is 0 Å². The van der Waals surface area contributed by atoms with Crippen LogP contribution in [0.25, 0.3) is 0 Å². The van der Waals surface area contributed by atoms with Crippen molar-refractivity contribution in [2.75, 3.05) is 13.1 Å². The first-order valence-electron chi connectivity index (χ1n) is 5.53. The van der Waals surface area contributed by atoms with Gasteiger partial charge in [-0.05, 0) is 0 Å². The second kappa shape index (κ2) is 4.41. The van der Waals surface area contributed by atoms with E-state index >= 15 is 0 Å². The molecule has 0 unspecified atom stereocenters. The van der Waals surface area contributed by atoms with Crippen molar-refractivity contribution in [2.45, 2.75) is 45.7 Å². The Hall–Kier alpha value is 0.897. The molecule has 0 aliphatic carbocycles. The van der Waals surface area contributed by atoms with Gasteiger partial charge in [-0.1, -0.05) is 0 Å². The summed E-state index contributed by atoms with van der Waals surface area (Å²) < 4.78 is 5.74. The molecule has 0 atom stereocenters. The first-order chi connectivity index (χ1) is 6.21. The van der Waals surface area contributed by atoms with Crippen LogP contribution in [0.1, 0.15) is 6.42 Å². The summed E-state index contributed by atoms with van der Waals surface area (Å²) in [5.74, 6) is 0. The van der Waals surface area contributed by atoms with Gasteiger partial charge >= 0.3 is 98.2 Å². The van der Waals surface area contributed by atoms with Crippen LogP contribution in [0.4, 0.5) is 0 Å². The first kappa shape index (κ1) is 13.0. The van der Waals surface area contributed by atoms with E-state index in [-0.39, 0.29) is 15.9 Å². The van der Waals surface area contributed by atoms with Gasteiger partial charge in [0.2, 0.25) is 0 Å². The SMILES string of the molecule is C[Si](C)(C)[N]1CCC[N]([Si](C)(C)C)[Ge]1. The molecule has 0 spiro atoms. The third-order valence-electron chi connectivity index (χ3n) is 2.62. The van der Waals surface area contributed by atoms with Crippen LogP contribution >= 0.6 is 0 Å². The molecule has 2 nitrogen and oxygen atoms in total. The molecule has 1 aliphatic rings. The van der Waals surface area contributed by atoms with Crippen molar-refractivity contribution < 1.29 is 0 Å². The zero-order chi connectivity index (χ0) is 11.0. The van der Waals surface area contributed by atoms with Crippen LogP contribution in [0.2, 0.25) is 39.3 Å². The van der Waals surface area contributed by atoms with E-state index in [1.54, 1.807) is 0 Å². The average molecular weight is 289 g/mol. The van der Waals surface area contributed by atoms with E-state index in [0.717, 1.165) is 0 Å². The zero-order valence-corrected chi connectivity index (χ0v) is 14.6. The molecule has 0 aromatic heterocycles. The fourth-order valence-electron chi connectivity index (χ4n) is 1.60. The van der Waals surface area contributed by atoms with Crippen LogP contribution < -0.4 is 0 Å². The van der Waals surface area contributed by atoms with Crippen molar-refractivity contribution in [1.82, 2.24) is 7.05 Å². The van der Waals surface area contributed by atoms with Gasteiger partial charge in [0, 0.05) is 0 Å². The molecule has 0 aromatic carbocycles. The topological polar surface area (TPSA) is 6.48 Å². The Morgan fingerprint density at radius 1 is 0.786 bits per heavy atom. The second-order valence-corrected chi connectivity index (χ2v) is 20.4. The maximum absolute atomic E-state index is 2.87. The predicted molar refractivity (Wildman–Crippen MR) is 70.5 cm³/mol. The Morgan fingerprint density at radius 3 is 1.43 bits per heavy atom. The van der Waals surface area contributed by atoms with E-state index in [0.29, 0.717) is 0 Å². The van der Waals surface area contributed by atoms with Gasteiger partial charge in [0.25, 0.3) is 0 Å². The minimum atomic E-state index is -1.01. The first-order valence-corrected chi connectivity index (χ1v) is 14.3. The molecule has 1 heterocycles. The summed E-state index contributed by atoms with van der Waals surface area (Å²) in [6.07, 6.45) is 1.40. The molecule has 82 valence electrons. The third kappa shape index (κ3) is 3.48. The monoisotopic (exact) mass is 290 g/mol. The van der Waals surface area contributed by atoms with E-state index in [1.165, 1.54) is 19.5 Å². The van der Waals surface area contributed by atoms with Gasteiger partial charge in [0.15, 0.2) is 0 Å². The fourth-order valence-corrected chi connectivity index (χ4v) is 11.1. The Kier molecular flexibility index (Phi) is 4.08. The summed E-state index contributed by atoms with van der Waals surface area (Å²) in [6, 6.07) is 0. The van der Waals surface area contributed by atoms with Crippen LogP contribution in [-0.2, 0) is 0 Å². The van der Waals surface area contributed by atoms with E-state index in [2.05, 4.69) is 46.3 Å². The number of rotatable bonds is 2. The molecule has 1 aliphatic heterocycles. The maximum atomic E-state index is 2.87. The van der Waals surface area contributed by atoms with Crippen LogP contribution in [0.5, 0.6) is 0 Å². The van der Waals surface area contributed by atoms with Crippen molar-refractivity contribution >= 4 is 32.3 Å². The molecule has 1 fully saturated rings. The van der Waals surface area contributed by atoms with Crippen LogP contribution in [-0.4, -0.2) is 52.5 Å². The third-order valence-corrected chi connectivity index (χ3v) is 17.7. The Bertz CT molecular complexity index is 178. The summed E-state index contributed by atoms with van der Waals surface area (Å²) in [5.41, 5.74) is 0. The molecule has 0 amide bonds. The Morgan fingerprint density at radius 2 is 1.14 bits per heavy atom. The molecule has 1 rings (SSSR count). The molecule has 0 bridgehead atoms. The molecule has 14 heavy (non-hydrogen) atoms. The van der Waals surface area contributed by atoms with Crippen LogP contribution in [0, 0.1) is 0 Å². The quantitative estimate of drug-likeness (QED) is 0.719. The molecule has 1 saturated heterocycles. The number of hydrogen-bond donors (Lipinski definition) is 0. The van der Waals surface area contributed by atoms with Gasteiger partial charge in [-0.15, -0.1) is 0 Å². The number of nitrogens with zero attached hydrogens (tertiary/aromatic N) is 2. The van der Waals surface area contributed by atoms with E-state index in [1.807, 2.05) is 0 Å². The molecule has 0 saturated carbocycles. The summed E-state index contributed by atoms with van der Waals surface area (Å²) in [4.78, 5) is 0. The summed E-state index contributed by atoms with van der Waals surface area (Å²) >= 11 is 0.0505. The van der Waals surface area contributed by atoms with Gasteiger partial charge in [-0.3, -0.25) is 0 Å². The summed E-state index contributed by atoms with van der Waals surface area (Å²) in [7, 11) is -2.02. The van der Waals surface area contributed by atoms with Crippen molar-refractivity contribution in [2.24, 2.45) is 0 Å². The summed E-state index contributed by atoms with van der Waals surface area (Å²) in [6.45, 7) is 17.7. The van der Waals surface area contributed by atoms with E-state index in [4.69, 9.17) is 0 Å². The average Bonchev–Trinajstić information content (AvgIpc) is 2.01. The molecular formula is C9H24GeN2Si2. The van der Waals surface area contributed by atoms with Gasteiger partial charge in [0.05, 0.1) is 0 Å². The van der Waals surface area contributed by atoms with Crippen LogP contribution in [0.3, 0.4) is 0 Å².